The number of aromatic nitrogens is 2. The van der Waals surface area contributed by atoms with Crippen molar-refractivity contribution < 1.29 is 0 Å². The van der Waals surface area contributed by atoms with Gasteiger partial charge in [0.25, 0.3) is 0 Å². The molecule has 0 radical (unpaired) electrons. The number of rotatable bonds is 4. The zero-order valence-corrected chi connectivity index (χ0v) is 13.5. The van der Waals surface area contributed by atoms with E-state index in [1.165, 1.54) is 19.3 Å². The molecule has 0 aromatic carbocycles. The van der Waals surface area contributed by atoms with E-state index in [1.807, 2.05) is 6.92 Å². The summed E-state index contributed by atoms with van der Waals surface area (Å²) < 4.78 is 0. The van der Waals surface area contributed by atoms with Gasteiger partial charge in [0.1, 0.15) is 17.5 Å². The second kappa shape index (κ2) is 6.18. The van der Waals surface area contributed by atoms with E-state index in [4.69, 9.17) is 0 Å². The van der Waals surface area contributed by atoms with Crippen molar-refractivity contribution in [2.75, 3.05) is 36.9 Å². The Morgan fingerprint density at radius 1 is 1.24 bits per heavy atom. The van der Waals surface area contributed by atoms with Crippen LogP contribution in [0.15, 0.2) is 6.07 Å². The van der Waals surface area contributed by atoms with Crippen LogP contribution < -0.4 is 10.2 Å². The zero-order valence-electron chi connectivity index (χ0n) is 13.5. The van der Waals surface area contributed by atoms with Crippen LogP contribution in [0.4, 0.5) is 11.6 Å². The van der Waals surface area contributed by atoms with Crippen LogP contribution in [-0.4, -0.2) is 53.6 Å². The van der Waals surface area contributed by atoms with Crippen molar-refractivity contribution in [2.24, 2.45) is 0 Å². The number of hydrogen-bond donors (Lipinski definition) is 1. The standard InChI is InChI=1S/C16H27N5/c1-4-8-17-15-10-16(19-12(2)18-15)21-9-7-13-5-6-14(11-21)20(13)3/h10,13-14H,4-9,11H2,1-3H3,(H,17,18,19). The Kier molecular flexibility index (Phi) is 4.29. The molecule has 2 unspecified atom stereocenters. The highest BCUT2D eigenvalue weighted by Crippen LogP contribution is 2.30. The number of likely N-dealkylation sites (N-methyl/N-ethyl adjacent to an activating group) is 1. The molecule has 2 aliphatic rings. The quantitative estimate of drug-likeness (QED) is 0.921. The summed E-state index contributed by atoms with van der Waals surface area (Å²) in [4.78, 5) is 14.2. The lowest BCUT2D eigenvalue weighted by Gasteiger charge is -2.27. The van der Waals surface area contributed by atoms with Crippen LogP contribution in [0.3, 0.4) is 0 Å². The first-order chi connectivity index (χ1) is 10.2. The molecule has 2 fully saturated rings. The smallest absolute Gasteiger partial charge is 0.134 e. The molecule has 21 heavy (non-hydrogen) atoms. The summed E-state index contributed by atoms with van der Waals surface area (Å²) >= 11 is 0. The average molecular weight is 289 g/mol. The van der Waals surface area contributed by atoms with Gasteiger partial charge >= 0.3 is 0 Å². The topological polar surface area (TPSA) is 44.3 Å². The predicted molar refractivity (Wildman–Crippen MR) is 87.0 cm³/mol. The Bertz CT molecular complexity index is 490. The molecule has 3 heterocycles. The molecular weight excluding hydrogens is 262 g/mol. The van der Waals surface area contributed by atoms with Gasteiger partial charge in [0.2, 0.25) is 0 Å². The Morgan fingerprint density at radius 2 is 2.05 bits per heavy atom. The van der Waals surface area contributed by atoms with Crippen LogP contribution in [0.25, 0.3) is 0 Å². The minimum atomic E-state index is 0.680. The SMILES string of the molecule is CCCNc1cc(N2CCC3CCC(C2)N3C)nc(C)n1. The number of hydrogen-bond acceptors (Lipinski definition) is 5. The van der Waals surface area contributed by atoms with Gasteiger partial charge in [-0.3, -0.25) is 4.90 Å². The highest BCUT2D eigenvalue weighted by Gasteiger charge is 2.35. The number of nitrogens with zero attached hydrogens (tertiary/aromatic N) is 4. The fourth-order valence-electron chi connectivity index (χ4n) is 3.57. The van der Waals surface area contributed by atoms with Crippen LogP contribution in [0, 0.1) is 6.92 Å². The molecule has 2 atom stereocenters. The van der Waals surface area contributed by atoms with E-state index in [2.05, 4.69) is 45.1 Å². The van der Waals surface area contributed by atoms with Gasteiger partial charge in [-0.15, -0.1) is 0 Å². The van der Waals surface area contributed by atoms with Crippen LogP contribution in [0.2, 0.25) is 0 Å². The van der Waals surface area contributed by atoms with E-state index < -0.39 is 0 Å². The monoisotopic (exact) mass is 289 g/mol. The molecule has 0 spiro atoms. The first kappa shape index (κ1) is 14.6. The number of nitrogens with one attached hydrogen (secondary N) is 1. The molecule has 0 aliphatic carbocycles. The van der Waals surface area contributed by atoms with Crippen molar-refractivity contribution in [3.8, 4) is 0 Å². The van der Waals surface area contributed by atoms with Crippen LogP contribution in [0.5, 0.6) is 0 Å². The summed E-state index contributed by atoms with van der Waals surface area (Å²) in [6.07, 6.45) is 5.04. The van der Waals surface area contributed by atoms with Crippen molar-refractivity contribution in [2.45, 2.75) is 51.6 Å². The normalized spacial score (nSPS) is 26.0. The maximum atomic E-state index is 4.67. The lowest BCUT2D eigenvalue weighted by atomic mass is 10.1. The minimum absolute atomic E-state index is 0.680. The minimum Gasteiger partial charge on any atom is -0.370 e. The van der Waals surface area contributed by atoms with E-state index >= 15 is 0 Å². The molecule has 116 valence electrons. The zero-order chi connectivity index (χ0) is 14.8. The van der Waals surface area contributed by atoms with Gasteiger partial charge in [0.15, 0.2) is 0 Å². The lowest BCUT2D eigenvalue weighted by molar-refractivity contribution is 0.254. The number of fused-ring (bicyclic) bond motifs is 2. The van der Waals surface area contributed by atoms with Crippen LogP contribution in [-0.2, 0) is 0 Å². The summed E-state index contributed by atoms with van der Waals surface area (Å²) in [5, 5.41) is 3.38. The predicted octanol–water partition coefficient (Wildman–Crippen LogP) is 2.28. The highest BCUT2D eigenvalue weighted by molar-refractivity contribution is 5.49. The van der Waals surface area contributed by atoms with Gasteiger partial charge in [0, 0.05) is 37.8 Å². The molecule has 5 heteroatoms. The van der Waals surface area contributed by atoms with Gasteiger partial charge in [-0.2, -0.15) is 0 Å². The Hall–Kier alpha value is -1.36. The maximum Gasteiger partial charge on any atom is 0.134 e. The third-order valence-corrected chi connectivity index (χ3v) is 4.85. The van der Waals surface area contributed by atoms with Crippen molar-refractivity contribution >= 4 is 11.6 Å². The summed E-state index contributed by atoms with van der Waals surface area (Å²) in [6.45, 7) is 7.31. The third kappa shape index (κ3) is 3.12. The molecule has 1 aromatic heterocycles. The molecule has 2 bridgehead atoms. The van der Waals surface area contributed by atoms with Crippen LogP contribution >= 0.6 is 0 Å². The molecule has 2 saturated heterocycles. The number of aryl methyl sites for hydroxylation is 1. The molecule has 2 aliphatic heterocycles. The Labute approximate surface area is 127 Å². The molecule has 1 N–H and O–H groups in total. The van der Waals surface area contributed by atoms with Gasteiger partial charge in [0.05, 0.1) is 0 Å². The second-order valence-corrected chi connectivity index (χ2v) is 6.37. The van der Waals surface area contributed by atoms with Gasteiger partial charge in [-0.05, 0) is 39.7 Å². The van der Waals surface area contributed by atoms with Crippen molar-refractivity contribution in [1.82, 2.24) is 14.9 Å². The lowest BCUT2D eigenvalue weighted by Crippen LogP contribution is -2.37. The molecular formula is C16H27N5. The third-order valence-electron chi connectivity index (χ3n) is 4.85. The maximum absolute atomic E-state index is 4.67. The van der Waals surface area contributed by atoms with E-state index in [0.29, 0.717) is 6.04 Å². The molecule has 5 nitrogen and oxygen atoms in total. The Morgan fingerprint density at radius 3 is 2.86 bits per heavy atom. The van der Waals surface area contributed by atoms with Crippen molar-refractivity contribution in [1.29, 1.82) is 0 Å². The largest absolute Gasteiger partial charge is 0.370 e. The van der Waals surface area contributed by atoms with E-state index in [9.17, 15) is 0 Å². The van der Waals surface area contributed by atoms with Gasteiger partial charge < -0.3 is 10.2 Å². The Balaban J connectivity index is 1.78. The highest BCUT2D eigenvalue weighted by atomic mass is 15.3. The van der Waals surface area contributed by atoms with Gasteiger partial charge in [-0.1, -0.05) is 6.92 Å². The second-order valence-electron chi connectivity index (χ2n) is 6.37. The number of anilines is 2. The van der Waals surface area contributed by atoms with Crippen LogP contribution in [0.1, 0.15) is 38.4 Å². The summed E-state index contributed by atoms with van der Waals surface area (Å²) in [5.41, 5.74) is 0. The first-order valence-electron chi connectivity index (χ1n) is 8.24. The molecule has 0 saturated carbocycles. The molecule has 1 aromatic rings. The summed E-state index contributed by atoms with van der Waals surface area (Å²) in [5.74, 6) is 2.90. The van der Waals surface area contributed by atoms with E-state index in [0.717, 1.165) is 49.6 Å². The summed E-state index contributed by atoms with van der Waals surface area (Å²) in [6, 6.07) is 3.56. The van der Waals surface area contributed by atoms with Gasteiger partial charge in [-0.25, -0.2) is 9.97 Å². The van der Waals surface area contributed by atoms with E-state index in [1.54, 1.807) is 0 Å². The fraction of sp³-hybridized carbons (Fsp3) is 0.750. The molecule has 0 amide bonds. The first-order valence-corrected chi connectivity index (χ1v) is 8.24. The van der Waals surface area contributed by atoms with Crippen molar-refractivity contribution in [3.05, 3.63) is 11.9 Å². The fourth-order valence-corrected chi connectivity index (χ4v) is 3.57. The summed E-state index contributed by atoms with van der Waals surface area (Å²) in [7, 11) is 2.28. The van der Waals surface area contributed by atoms with Crippen molar-refractivity contribution in [3.63, 3.8) is 0 Å². The molecule has 3 rings (SSSR count). The van der Waals surface area contributed by atoms with E-state index in [-0.39, 0.29) is 0 Å². The average Bonchev–Trinajstić information content (AvgIpc) is 2.69.